The van der Waals surface area contributed by atoms with E-state index in [9.17, 15) is 17.6 Å². The van der Waals surface area contributed by atoms with Crippen LogP contribution in [-0.2, 0) is 26.6 Å². The number of anilines is 1. The second-order valence-corrected chi connectivity index (χ2v) is 16.1. The number of carbonyl (C=O) groups excluding carboxylic acids is 1. The Morgan fingerprint density at radius 3 is 2.72 bits per heavy atom. The molecule has 0 aromatic heterocycles. The number of aryl methyl sites for hydroxylation is 1. The van der Waals surface area contributed by atoms with Crippen LogP contribution in [0.4, 0.5) is 10.1 Å². The van der Waals surface area contributed by atoms with Gasteiger partial charge in [-0.25, -0.2) is 17.5 Å². The highest BCUT2D eigenvalue weighted by Crippen LogP contribution is 2.50. The Bertz CT molecular complexity index is 1610. The van der Waals surface area contributed by atoms with Gasteiger partial charge in [0.2, 0.25) is 10.0 Å². The molecule has 1 fully saturated rings. The van der Waals surface area contributed by atoms with Crippen LogP contribution in [0.5, 0.6) is 5.75 Å². The van der Waals surface area contributed by atoms with Crippen molar-refractivity contribution in [1.29, 1.82) is 0 Å². The predicted octanol–water partition coefficient (Wildman–Crippen LogP) is 7.53. The second kappa shape index (κ2) is 13.7. The fourth-order valence-corrected chi connectivity index (χ4v) is 8.30. The van der Waals surface area contributed by atoms with Gasteiger partial charge in [-0.3, -0.25) is 4.79 Å². The molecule has 46 heavy (non-hydrogen) atoms. The van der Waals surface area contributed by atoms with Gasteiger partial charge in [0.15, 0.2) is 0 Å². The van der Waals surface area contributed by atoms with Crippen LogP contribution in [0.3, 0.4) is 0 Å². The average Bonchev–Trinajstić information content (AvgIpc) is 3.14. The van der Waals surface area contributed by atoms with Crippen molar-refractivity contribution in [2.24, 2.45) is 11.8 Å². The van der Waals surface area contributed by atoms with Crippen LogP contribution < -0.4 is 14.4 Å². The second-order valence-electron chi connectivity index (χ2n) is 13.4. The number of methoxy groups -OCH3 is 1. The first-order chi connectivity index (χ1) is 21.8. The topological polar surface area (TPSA) is 84.9 Å². The molecule has 2 aliphatic carbocycles. The lowest BCUT2D eigenvalue weighted by Gasteiger charge is -2.50. The number of hydrogen-bond acceptors (Lipinski definition) is 6. The van der Waals surface area contributed by atoms with Crippen LogP contribution in [0, 0.1) is 11.8 Å². The number of benzene rings is 2. The molecule has 10 heteroatoms. The summed E-state index contributed by atoms with van der Waals surface area (Å²) >= 11 is 6.42. The third kappa shape index (κ3) is 6.87. The Morgan fingerprint density at radius 2 is 2.07 bits per heavy atom. The largest absolute Gasteiger partial charge is 0.490 e. The maximum absolute atomic E-state index is 14.4. The van der Waals surface area contributed by atoms with E-state index in [0.717, 1.165) is 44.2 Å². The molecule has 1 heterocycles. The molecular formula is C36H46ClFN2O5S. The van der Waals surface area contributed by atoms with Crippen molar-refractivity contribution in [3.05, 3.63) is 82.7 Å². The Balaban J connectivity index is 1.55. The summed E-state index contributed by atoms with van der Waals surface area (Å²) in [7, 11) is -2.18. The molecule has 1 spiro atoms. The van der Waals surface area contributed by atoms with Crippen LogP contribution in [0.1, 0.15) is 80.8 Å². The molecule has 1 saturated carbocycles. The first-order valence-electron chi connectivity index (χ1n) is 16.3. The minimum Gasteiger partial charge on any atom is -0.490 e. The summed E-state index contributed by atoms with van der Waals surface area (Å²) in [6.07, 6.45) is 9.61. The Morgan fingerprint density at radius 1 is 1.28 bits per heavy atom. The van der Waals surface area contributed by atoms with E-state index in [-0.39, 0.29) is 29.2 Å². The molecule has 250 valence electrons. The van der Waals surface area contributed by atoms with E-state index in [2.05, 4.69) is 28.3 Å². The number of hydrogen-bond donors (Lipinski definition) is 1. The van der Waals surface area contributed by atoms with E-state index >= 15 is 0 Å². The molecule has 0 unspecified atom stereocenters. The third-order valence-electron chi connectivity index (χ3n) is 10.1. The molecule has 1 amide bonds. The lowest BCUT2D eigenvalue weighted by molar-refractivity contribution is -0.0768. The number of rotatable bonds is 11. The van der Waals surface area contributed by atoms with E-state index in [1.807, 2.05) is 25.1 Å². The molecule has 7 nitrogen and oxygen atoms in total. The number of nitrogens with zero attached hydrogens (tertiary/aromatic N) is 1. The van der Waals surface area contributed by atoms with Gasteiger partial charge in [0, 0.05) is 42.6 Å². The van der Waals surface area contributed by atoms with Gasteiger partial charge in [-0.1, -0.05) is 43.3 Å². The number of halogens is 2. The number of fused-ring (bicyclic) bond motifs is 3. The fraction of sp³-hybridized carbons (Fsp3) is 0.528. The summed E-state index contributed by atoms with van der Waals surface area (Å²) in [4.78, 5) is 15.5. The van der Waals surface area contributed by atoms with Crippen molar-refractivity contribution < 1.29 is 27.1 Å². The monoisotopic (exact) mass is 672 g/mol. The summed E-state index contributed by atoms with van der Waals surface area (Å²) in [6.45, 7) is 10.4. The first kappa shape index (κ1) is 34.5. The van der Waals surface area contributed by atoms with Crippen molar-refractivity contribution in [3.63, 3.8) is 0 Å². The fourth-order valence-electron chi connectivity index (χ4n) is 7.50. The summed E-state index contributed by atoms with van der Waals surface area (Å²) in [6, 6.07) is 11.2. The van der Waals surface area contributed by atoms with Gasteiger partial charge >= 0.3 is 0 Å². The Labute approximate surface area is 278 Å². The maximum Gasteiger partial charge on any atom is 0.264 e. The van der Waals surface area contributed by atoms with Crippen LogP contribution in [-0.4, -0.2) is 52.0 Å². The SMILES string of the molecule is C=C(F)C[C@](/C=C/CC)(OC)[C@@H]1CC[C@H]1CN1C[C@@]2(CCCc3cc(Cl)ccc32)COc2ccc(C(=O)NS(=O)(=O)C(C)C)cc21. The van der Waals surface area contributed by atoms with Crippen molar-refractivity contribution >= 4 is 33.2 Å². The van der Waals surface area contributed by atoms with Gasteiger partial charge in [-0.2, -0.15) is 0 Å². The number of allylic oxidation sites excluding steroid dienone is 1. The van der Waals surface area contributed by atoms with Crippen LogP contribution >= 0.6 is 11.6 Å². The van der Waals surface area contributed by atoms with Crippen molar-refractivity contribution in [3.8, 4) is 5.75 Å². The molecule has 2 aromatic carbocycles. The zero-order chi connectivity index (χ0) is 33.3. The van der Waals surface area contributed by atoms with Gasteiger partial charge < -0.3 is 14.4 Å². The number of amides is 1. The van der Waals surface area contributed by atoms with Crippen LogP contribution in [0.25, 0.3) is 0 Å². The van der Waals surface area contributed by atoms with E-state index in [1.54, 1.807) is 25.3 Å². The smallest absolute Gasteiger partial charge is 0.264 e. The lowest BCUT2D eigenvalue weighted by Crippen LogP contribution is -2.53. The minimum atomic E-state index is -3.82. The van der Waals surface area contributed by atoms with E-state index < -0.39 is 32.6 Å². The zero-order valence-corrected chi connectivity index (χ0v) is 28.9. The minimum absolute atomic E-state index is 0.0523. The summed E-state index contributed by atoms with van der Waals surface area (Å²) < 4.78 is 54.4. The van der Waals surface area contributed by atoms with Crippen LogP contribution in [0.15, 0.2) is 61.0 Å². The first-order valence-corrected chi connectivity index (χ1v) is 18.2. The Kier molecular flexibility index (Phi) is 10.3. The molecule has 0 radical (unpaired) electrons. The molecule has 0 bridgehead atoms. The molecule has 1 aliphatic heterocycles. The third-order valence-corrected chi connectivity index (χ3v) is 12.1. The molecule has 3 aliphatic rings. The Hall–Kier alpha value is -2.88. The van der Waals surface area contributed by atoms with Gasteiger partial charge in [-0.15, -0.1) is 0 Å². The highest BCUT2D eigenvalue weighted by molar-refractivity contribution is 7.90. The maximum atomic E-state index is 14.4. The lowest BCUT2D eigenvalue weighted by atomic mass is 9.63. The number of nitrogens with one attached hydrogen (secondary N) is 1. The molecule has 0 saturated heterocycles. The van der Waals surface area contributed by atoms with E-state index in [1.165, 1.54) is 25.0 Å². The standard InChI is InChI=1S/C36H46ClFN2O5S/c1-6-7-17-36(44-5,20-25(4)38)31-13-10-28(31)21-40-22-35(16-8-9-26-18-29(37)12-14-30(26)35)23-45-33-15-11-27(19-32(33)40)34(41)39-46(42,43)24(2)3/h7,11-12,14-15,17-19,24,28,31H,4,6,8-10,13,16,20-23H2,1-3,5H3,(H,39,41)/b17-7+/t28-,31+,35-,36-/m0/s1. The zero-order valence-electron chi connectivity index (χ0n) is 27.3. The van der Waals surface area contributed by atoms with Crippen molar-refractivity contribution in [2.75, 3.05) is 31.7 Å². The van der Waals surface area contributed by atoms with Crippen LogP contribution in [0.2, 0.25) is 5.02 Å². The average molecular weight is 673 g/mol. The van der Waals surface area contributed by atoms with E-state index in [4.69, 9.17) is 21.1 Å². The van der Waals surface area contributed by atoms with Gasteiger partial charge in [0.25, 0.3) is 5.91 Å². The van der Waals surface area contributed by atoms with Crippen molar-refractivity contribution in [2.45, 2.75) is 82.0 Å². The predicted molar refractivity (Wildman–Crippen MR) is 182 cm³/mol. The highest BCUT2D eigenvalue weighted by atomic mass is 35.5. The molecule has 2 aromatic rings. The highest BCUT2D eigenvalue weighted by Gasteiger charge is 2.49. The van der Waals surface area contributed by atoms with Gasteiger partial charge in [0.05, 0.1) is 29.0 Å². The quantitative estimate of drug-likeness (QED) is 0.249. The number of carbonyl (C=O) groups is 1. The van der Waals surface area contributed by atoms with Crippen molar-refractivity contribution in [1.82, 2.24) is 4.72 Å². The number of sulfonamides is 1. The molecule has 1 N–H and O–H groups in total. The van der Waals surface area contributed by atoms with E-state index in [0.29, 0.717) is 30.5 Å². The molecule has 5 rings (SSSR count). The summed E-state index contributed by atoms with van der Waals surface area (Å²) in [5.41, 5.74) is 2.28. The van der Waals surface area contributed by atoms with Gasteiger partial charge in [-0.05, 0) is 106 Å². The summed E-state index contributed by atoms with van der Waals surface area (Å²) in [5, 5.41) is -0.0455. The normalized spacial score (nSPS) is 24.0. The number of ether oxygens (including phenoxy) is 2. The summed E-state index contributed by atoms with van der Waals surface area (Å²) in [5.74, 6) is -0.241. The van der Waals surface area contributed by atoms with Gasteiger partial charge in [0.1, 0.15) is 5.75 Å². The molecule has 4 atom stereocenters. The molecular weight excluding hydrogens is 627 g/mol.